The summed E-state index contributed by atoms with van der Waals surface area (Å²) < 4.78 is 0. The Labute approximate surface area is 156 Å². The van der Waals surface area contributed by atoms with Gasteiger partial charge in [0.1, 0.15) is 0 Å². The zero-order chi connectivity index (χ0) is 18.9. The van der Waals surface area contributed by atoms with Gasteiger partial charge in [-0.15, -0.1) is 0 Å². The van der Waals surface area contributed by atoms with Crippen molar-refractivity contribution in [1.29, 1.82) is 0 Å². The summed E-state index contributed by atoms with van der Waals surface area (Å²) >= 11 is 0. The van der Waals surface area contributed by atoms with Gasteiger partial charge in [-0.1, -0.05) is 82.3 Å². The molecule has 0 bridgehead atoms. The van der Waals surface area contributed by atoms with E-state index in [0.717, 1.165) is 12.0 Å². The van der Waals surface area contributed by atoms with Gasteiger partial charge >= 0.3 is 0 Å². The van der Waals surface area contributed by atoms with Crippen molar-refractivity contribution in [3.05, 3.63) is 60.2 Å². The van der Waals surface area contributed by atoms with Gasteiger partial charge in [0.05, 0.1) is 0 Å². The predicted molar refractivity (Wildman–Crippen MR) is 104 cm³/mol. The van der Waals surface area contributed by atoms with Crippen molar-refractivity contribution in [2.24, 2.45) is 11.3 Å². The lowest BCUT2D eigenvalue weighted by Gasteiger charge is -2.29. The molecule has 0 aromatic heterocycles. The van der Waals surface area contributed by atoms with Crippen LogP contribution in [0.25, 0.3) is 11.1 Å². The maximum Gasteiger partial charge on any atom is 0.234 e. The number of rotatable bonds is 3. The van der Waals surface area contributed by atoms with Gasteiger partial charge in [-0.25, -0.2) is 0 Å². The fraction of sp³-hybridized carbons (Fsp3) is 0.391. The summed E-state index contributed by atoms with van der Waals surface area (Å²) in [6.45, 7) is 7.54. The highest BCUT2D eigenvalue weighted by molar-refractivity contribution is 6.00. The molecule has 2 aromatic rings. The van der Waals surface area contributed by atoms with Crippen LogP contribution in [-0.2, 0) is 16.0 Å². The van der Waals surface area contributed by atoms with Gasteiger partial charge < -0.3 is 0 Å². The van der Waals surface area contributed by atoms with Gasteiger partial charge in [-0.05, 0) is 29.5 Å². The normalized spacial score (nSPS) is 20.5. The largest absolute Gasteiger partial charge is 0.278 e. The van der Waals surface area contributed by atoms with Crippen LogP contribution in [0.1, 0.15) is 39.7 Å². The van der Waals surface area contributed by atoms with Gasteiger partial charge in [0.15, 0.2) is 0 Å². The molecule has 1 aliphatic rings. The summed E-state index contributed by atoms with van der Waals surface area (Å²) in [6.07, 6.45) is 1.45. The Balaban J connectivity index is 1.79. The molecule has 136 valence electrons. The Bertz CT molecular complexity index is 787. The number of amides is 2. The van der Waals surface area contributed by atoms with Crippen molar-refractivity contribution in [2.45, 2.75) is 46.6 Å². The van der Waals surface area contributed by atoms with Crippen molar-refractivity contribution in [1.82, 2.24) is 4.90 Å². The van der Waals surface area contributed by atoms with Crippen LogP contribution in [0.4, 0.5) is 0 Å². The summed E-state index contributed by atoms with van der Waals surface area (Å²) in [4.78, 5) is 26.8. The van der Waals surface area contributed by atoms with E-state index in [1.54, 1.807) is 0 Å². The number of benzene rings is 2. The van der Waals surface area contributed by atoms with E-state index in [0.29, 0.717) is 6.42 Å². The molecule has 2 unspecified atom stereocenters. The smallest absolute Gasteiger partial charge is 0.234 e. The van der Waals surface area contributed by atoms with E-state index in [4.69, 9.17) is 0 Å². The molecule has 2 atom stereocenters. The topological polar surface area (TPSA) is 37.4 Å². The molecule has 3 nitrogen and oxygen atoms in total. The van der Waals surface area contributed by atoms with E-state index in [2.05, 4.69) is 36.4 Å². The van der Waals surface area contributed by atoms with Crippen LogP contribution in [0.3, 0.4) is 0 Å². The monoisotopic (exact) mass is 349 g/mol. The summed E-state index contributed by atoms with van der Waals surface area (Å²) in [5.74, 6) is -0.191. The maximum absolute atomic E-state index is 12.8. The van der Waals surface area contributed by atoms with Crippen LogP contribution in [0.15, 0.2) is 54.6 Å². The molecule has 2 amide bonds. The zero-order valence-electron chi connectivity index (χ0n) is 16.0. The van der Waals surface area contributed by atoms with Crippen molar-refractivity contribution in [2.75, 3.05) is 0 Å². The van der Waals surface area contributed by atoms with Crippen LogP contribution in [0.5, 0.6) is 0 Å². The third-order valence-electron chi connectivity index (χ3n) is 5.04. The predicted octanol–water partition coefficient (Wildman–Crippen LogP) is 4.71. The Hall–Kier alpha value is -2.42. The molecule has 2 aromatic carbocycles. The van der Waals surface area contributed by atoms with E-state index in [1.807, 2.05) is 45.9 Å². The SMILES string of the molecule is CC1CC(Cc2ccc(-c3ccccc3)cc2)N(C(=O)C(C)(C)C)C1=O. The molecule has 1 fully saturated rings. The molecule has 26 heavy (non-hydrogen) atoms. The fourth-order valence-corrected chi connectivity index (χ4v) is 3.57. The number of imide groups is 1. The molecule has 1 aliphatic heterocycles. The van der Waals surface area contributed by atoms with Gasteiger partial charge in [0.2, 0.25) is 11.8 Å². The van der Waals surface area contributed by atoms with E-state index < -0.39 is 5.41 Å². The number of hydrogen-bond donors (Lipinski definition) is 0. The van der Waals surface area contributed by atoms with Gasteiger partial charge in [-0.3, -0.25) is 14.5 Å². The van der Waals surface area contributed by atoms with E-state index >= 15 is 0 Å². The van der Waals surface area contributed by atoms with Gasteiger partial charge in [-0.2, -0.15) is 0 Å². The first-order chi connectivity index (χ1) is 12.3. The van der Waals surface area contributed by atoms with Crippen LogP contribution in [0.2, 0.25) is 0 Å². The van der Waals surface area contributed by atoms with E-state index in [9.17, 15) is 9.59 Å². The molecular weight excluding hydrogens is 322 g/mol. The van der Waals surface area contributed by atoms with Crippen molar-refractivity contribution < 1.29 is 9.59 Å². The standard InChI is InChI=1S/C23H27NO2/c1-16-14-20(24(21(16)25)22(26)23(2,3)4)15-17-10-12-19(13-11-17)18-8-6-5-7-9-18/h5-13,16,20H,14-15H2,1-4H3. The molecule has 0 saturated carbocycles. The van der Waals surface area contributed by atoms with Crippen LogP contribution in [-0.4, -0.2) is 22.8 Å². The second-order valence-electron chi connectivity index (χ2n) is 8.32. The molecule has 1 heterocycles. The molecule has 3 heteroatoms. The molecular formula is C23H27NO2. The van der Waals surface area contributed by atoms with Crippen LogP contribution in [0, 0.1) is 11.3 Å². The minimum Gasteiger partial charge on any atom is -0.278 e. The number of likely N-dealkylation sites (tertiary alicyclic amines) is 1. The van der Waals surface area contributed by atoms with Crippen LogP contribution >= 0.6 is 0 Å². The second kappa shape index (κ2) is 7.06. The number of carbonyl (C=O) groups excluding carboxylic acids is 2. The molecule has 1 saturated heterocycles. The summed E-state index contributed by atoms with van der Waals surface area (Å²) in [7, 11) is 0. The molecule has 0 aliphatic carbocycles. The summed E-state index contributed by atoms with van der Waals surface area (Å²) in [5, 5.41) is 0. The van der Waals surface area contributed by atoms with Crippen molar-refractivity contribution in [3.63, 3.8) is 0 Å². The minimum absolute atomic E-state index is 0.0316. The van der Waals surface area contributed by atoms with Crippen LogP contribution < -0.4 is 0 Å². The minimum atomic E-state index is -0.546. The highest BCUT2D eigenvalue weighted by atomic mass is 16.2. The Morgan fingerprint density at radius 2 is 1.58 bits per heavy atom. The lowest BCUT2D eigenvalue weighted by molar-refractivity contribution is -0.150. The Kier molecular flexibility index (Phi) is 4.99. The first kappa shape index (κ1) is 18.4. The Morgan fingerprint density at radius 3 is 2.15 bits per heavy atom. The fourth-order valence-electron chi connectivity index (χ4n) is 3.57. The highest BCUT2D eigenvalue weighted by Crippen LogP contribution is 2.32. The molecule has 0 spiro atoms. The Morgan fingerprint density at radius 1 is 1.00 bits per heavy atom. The molecule has 3 rings (SSSR count). The third-order valence-corrected chi connectivity index (χ3v) is 5.04. The molecule has 0 N–H and O–H groups in total. The summed E-state index contributed by atoms with van der Waals surface area (Å²) in [6, 6.07) is 18.7. The quantitative estimate of drug-likeness (QED) is 0.805. The van der Waals surface area contributed by atoms with E-state index in [-0.39, 0.29) is 23.8 Å². The zero-order valence-corrected chi connectivity index (χ0v) is 16.0. The van der Waals surface area contributed by atoms with Crippen molar-refractivity contribution in [3.8, 4) is 11.1 Å². The lowest BCUT2D eigenvalue weighted by atomic mass is 9.93. The van der Waals surface area contributed by atoms with E-state index in [1.165, 1.54) is 16.0 Å². The average molecular weight is 349 g/mol. The first-order valence-electron chi connectivity index (χ1n) is 9.29. The molecule has 0 radical (unpaired) electrons. The number of carbonyl (C=O) groups is 2. The maximum atomic E-state index is 12.8. The number of nitrogens with zero attached hydrogens (tertiary/aromatic N) is 1. The van der Waals surface area contributed by atoms with Gasteiger partial charge in [0.25, 0.3) is 0 Å². The second-order valence-corrected chi connectivity index (χ2v) is 8.32. The highest BCUT2D eigenvalue weighted by Gasteiger charge is 2.43. The lowest BCUT2D eigenvalue weighted by Crippen LogP contribution is -2.46. The third kappa shape index (κ3) is 3.72. The van der Waals surface area contributed by atoms with Gasteiger partial charge in [0, 0.05) is 17.4 Å². The number of hydrogen-bond acceptors (Lipinski definition) is 2. The van der Waals surface area contributed by atoms with Crippen molar-refractivity contribution >= 4 is 11.8 Å². The first-order valence-corrected chi connectivity index (χ1v) is 9.29. The summed E-state index contributed by atoms with van der Waals surface area (Å²) in [5.41, 5.74) is 2.97. The average Bonchev–Trinajstić information content (AvgIpc) is 2.88.